The Morgan fingerprint density at radius 1 is 1.58 bits per heavy atom. The summed E-state index contributed by atoms with van der Waals surface area (Å²) in [7, 11) is 0. The van der Waals surface area contributed by atoms with Crippen molar-refractivity contribution in [1.29, 1.82) is 0 Å². The molecule has 0 aromatic carbocycles. The highest BCUT2D eigenvalue weighted by Crippen LogP contribution is 2.28. The van der Waals surface area contributed by atoms with Gasteiger partial charge in [-0.3, -0.25) is 0 Å². The lowest BCUT2D eigenvalue weighted by Crippen LogP contribution is -1.72. The fourth-order valence-corrected chi connectivity index (χ4v) is 2.25. The molecule has 0 saturated carbocycles. The van der Waals surface area contributed by atoms with Crippen LogP contribution in [0.15, 0.2) is 22.1 Å². The third-order valence-corrected chi connectivity index (χ3v) is 3.06. The van der Waals surface area contributed by atoms with Crippen LogP contribution in [0.4, 0.5) is 0 Å². The molecule has 0 aliphatic rings. The standard InChI is InChI=1S/C7H5BrN2OS/c8-4-1-5(12-3-4)7-9-2-6(11)10-7/h1-3,11H,(H,9,10). The van der Waals surface area contributed by atoms with E-state index in [1.165, 1.54) is 6.20 Å². The normalized spacial score (nSPS) is 10.4. The fraction of sp³-hybridized carbons (Fsp3) is 0. The summed E-state index contributed by atoms with van der Waals surface area (Å²) in [6, 6.07) is 1.95. The lowest BCUT2D eigenvalue weighted by atomic mass is 10.4. The van der Waals surface area contributed by atoms with Gasteiger partial charge in [0.1, 0.15) is 5.82 Å². The van der Waals surface area contributed by atoms with Crippen LogP contribution < -0.4 is 0 Å². The van der Waals surface area contributed by atoms with Crippen LogP contribution in [-0.4, -0.2) is 15.1 Å². The molecule has 0 fully saturated rings. The molecule has 3 nitrogen and oxygen atoms in total. The zero-order valence-corrected chi connectivity index (χ0v) is 8.32. The molecule has 2 aromatic rings. The summed E-state index contributed by atoms with van der Waals surface area (Å²) in [5.74, 6) is 0.790. The lowest BCUT2D eigenvalue weighted by molar-refractivity contribution is 0.457. The highest BCUT2D eigenvalue weighted by atomic mass is 79.9. The van der Waals surface area contributed by atoms with Crippen molar-refractivity contribution in [3.63, 3.8) is 0 Å². The minimum absolute atomic E-state index is 0.0922. The zero-order valence-electron chi connectivity index (χ0n) is 5.91. The van der Waals surface area contributed by atoms with Gasteiger partial charge in [0.15, 0.2) is 0 Å². The average molecular weight is 245 g/mol. The summed E-state index contributed by atoms with van der Waals surface area (Å²) in [5, 5.41) is 11.0. The summed E-state index contributed by atoms with van der Waals surface area (Å²) in [5.41, 5.74) is 0. The number of aromatic hydroxyl groups is 1. The summed E-state index contributed by atoms with van der Waals surface area (Å²) < 4.78 is 1.03. The van der Waals surface area contributed by atoms with Gasteiger partial charge in [-0.05, 0) is 22.0 Å². The van der Waals surface area contributed by atoms with Crippen LogP contribution in [0, 0.1) is 0 Å². The maximum absolute atomic E-state index is 9.00. The first-order valence-corrected chi connectivity index (χ1v) is 4.91. The molecule has 2 N–H and O–H groups in total. The molecule has 0 aliphatic carbocycles. The van der Waals surface area contributed by atoms with Gasteiger partial charge < -0.3 is 10.1 Å². The first kappa shape index (κ1) is 7.82. The maximum Gasteiger partial charge on any atom is 0.208 e. The van der Waals surface area contributed by atoms with Crippen LogP contribution in [0.2, 0.25) is 0 Å². The molecule has 0 spiro atoms. The van der Waals surface area contributed by atoms with Gasteiger partial charge in [0, 0.05) is 9.85 Å². The minimum atomic E-state index is 0.0922. The number of hydrogen-bond acceptors (Lipinski definition) is 3. The van der Waals surface area contributed by atoms with E-state index in [1.54, 1.807) is 11.3 Å². The molecule has 0 unspecified atom stereocenters. The molecule has 0 atom stereocenters. The lowest BCUT2D eigenvalue weighted by Gasteiger charge is -1.86. The van der Waals surface area contributed by atoms with Gasteiger partial charge in [-0.2, -0.15) is 0 Å². The molecule has 62 valence electrons. The van der Waals surface area contributed by atoms with Gasteiger partial charge in [0.2, 0.25) is 5.88 Å². The van der Waals surface area contributed by atoms with Crippen molar-refractivity contribution in [3.05, 3.63) is 22.1 Å². The van der Waals surface area contributed by atoms with Crippen molar-refractivity contribution in [2.45, 2.75) is 0 Å². The zero-order chi connectivity index (χ0) is 8.55. The number of halogens is 1. The molecule has 0 saturated heterocycles. The van der Waals surface area contributed by atoms with Crippen LogP contribution >= 0.6 is 27.3 Å². The van der Waals surface area contributed by atoms with Gasteiger partial charge in [-0.15, -0.1) is 11.3 Å². The van der Waals surface area contributed by atoms with Crippen LogP contribution in [0.3, 0.4) is 0 Å². The van der Waals surface area contributed by atoms with Crippen molar-refractivity contribution >= 4 is 27.3 Å². The number of nitrogens with one attached hydrogen (secondary N) is 1. The molecule has 0 aliphatic heterocycles. The molecular formula is C7H5BrN2OS. The van der Waals surface area contributed by atoms with Crippen LogP contribution in [0.1, 0.15) is 0 Å². The topological polar surface area (TPSA) is 48.9 Å². The van der Waals surface area contributed by atoms with E-state index in [-0.39, 0.29) is 5.88 Å². The first-order valence-electron chi connectivity index (χ1n) is 3.24. The van der Waals surface area contributed by atoms with E-state index in [1.807, 2.05) is 11.4 Å². The monoisotopic (exact) mass is 244 g/mol. The molecular weight excluding hydrogens is 240 g/mol. The number of hydrogen-bond donors (Lipinski definition) is 2. The van der Waals surface area contributed by atoms with Crippen LogP contribution in [0.25, 0.3) is 10.7 Å². The summed E-state index contributed by atoms with van der Waals surface area (Å²) in [4.78, 5) is 7.73. The van der Waals surface area contributed by atoms with Gasteiger partial charge in [0.25, 0.3) is 0 Å². The van der Waals surface area contributed by atoms with Crippen molar-refractivity contribution in [1.82, 2.24) is 9.97 Å². The summed E-state index contributed by atoms with van der Waals surface area (Å²) in [6.45, 7) is 0. The number of imidazole rings is 1. The van der Waals surface area contributed by atoms with E-state index in [2.05, 4.69) is 25.9 Å². The molecule has 5 heteroatoms. The second-order valence-corrected chi connectivity index (χ2v) is 4.07. The SMILES string of the molecule is Oc1cnc(-c2cc(Br)cs2)[nH]1. The first-order chi connectivity index (χ1) is 5.75. The Bertz CT molecular complexity index is 357. The second-order valence-electron chi connectivity index (χ2n) is 2.25. The Morgan fingerprint density at radius 3 is 2.92 bits per heavy atom. The van der Waals surface area contributed by atoms with Crippen molar-refractivity contribution in [2.75, 3.05) is 0 Å². The van der Waals surface area contributed by atoms with E-state index in [4.69, 9.17) is 5.11 Å². The number of nitrogens with zero attached hydrogens (tertiary/aromatic N) is 1. The predicted molar refractivity (Wildman–Crippen MR) is 51.3 cm³/mol. The third-order valence-electron chi connectivity index (χ3n) is 1.36. The quantitative estimate of drug-likeness (QED) is 0.811. The van der Waals surface area contributed by atoms with Crippen LogP contribution in [0.5, 0.6) is 5.88 Å². The average Bonchev–Trinajstić information content (AvgIpc) is 2.58. The van der Waals surface area contributed by atoms with Crippen molar-refractivity contribution in [2.24, 2.45) is 0 Å². The molecule has 0 amide bonds. The Kier molecular flexibility index (Phi) is 1.90. The van der Waals surface area contributed by atoms with E-state index in [0.717, 1.165) is 9.35 Å². The largest absolute Gasteiger partial charge is 0.493 e. The molecule has 2 heterocycles. The van der Waals surface area contributed by atoms with Gasteiger partial charge >= 0.3 is 0 Å². The summed E-state index contributed by atoms with van der Waals surface area (Å²) in [6.07, 6.45) is 1.39. The Hall–Kier alpha value is -0.810. The number of H-pyrrole nitrogens is 1. The van der Waals surface area contributed by atoms with E-state index < -0.39 is 0 Å². The number of aromatic nitrogens is 2. The van der Waals surface area contributed by atoms with Gasteiger partial charge in [0.05, 0.1) is 11.1 Å². The number of rotatable bonds is 1. The molecule has 0 bridgehead atoms. The maximum atomic E-state index is 9.00. The highest BCUT2D eigenvalue weighted by Gasteiger charge is 2.04. The van der Waals surface area contributed by atoms with E-state index in [9.17, 15) is 0 Å². The van der Waals surface area contributed by atoms with E-state index in [0.29, 0.717) is 5.82 Å². The van der Waals surface area contributed by atoms with Gasteiger partial charge in [-0.25, -0.2) is 4.98 Å². The molecule has 2 aromatic heterocycles. The van der Waals surface area contributed by atoms with Gasteiger partial charge in [-0.1, -0.05) is 0 Å². The number of thiophene rings is 1. The predicted octanol–water partition coefficient (Wildman–Crippen LogP) is 2.61. The van der Waals surface area contributed by atoms with Crippen molar-refractivity contribution < 1.29 is 5.11 Å². The molecule has 2 rings (SSSR count). The van der Waals surface area contributed by atoms with Crippen molar-refractivity contribution in [3.8, 4) is 16.6 Å². The highest BCUT2D eigenvalue weighted by molar-refractivity contribution is 9.10. The van der Waals surface area contributed by atoms with Crippen LogP contribution in [-0.2, 0) is 0 Å². The Balaban J connectivity index is 2.43. The summed E-state index contributed by atoms with van der Waals surface area (Å²) >= 11 is 4.91. The smallest absolute Gasteiger partial charge is 0.208 e. The Labute approximate surface area is 81.2 Å². The Morgan fingerprint density at radius 2 is 2.42 bits per heavy atom. The minimum Gasteiger partial charge on any atom is -0.493 e. The van der Waals surface area contributed by atoms with E-state index >= 15 is 0 Å². The molecule has 12 heavy (non-hydrogen) atoms. The third kappa shape index (κ3) is 1.37. The fourth-order valence-electron chi connectivity index (χ4n) is 0.874. The molecule has 0 radical (unpaired) electrons. The second kappa shape index (κ2) is 2.91. The number of aromatic amines is 1.